The van der Waals surface area contributed by atoms with E-state index in [9.17, 15) is 5.11 Å². The van der Waals surface area contributed by atoms with Gasteiger partial charge in [-0.25, -0.2) is 0 Å². The third kappa shape index (κ3) is 2.70. The van der Waals surface area contributed by atoms with Crippen molar-refractivity contribution < 1.29 is 5.11 Å². The fourth-order valence-corrected chi connectivity index (χ4v) is 1.64. The minimum atomic E-state index is 0.00255. The molecule has 0 unspecified atom stereocenters. The van der Waals surface area contributed by atoms with Crippen LogP contribution in [0.25, 0.3) is 0 Å². The van der Waals surface area contributed by atoms with Crippen LogP contribution in [-0.2, 0) is 0 Å². The summed E-state index contributed by atoms with van der Waals surface area (Å²) in [6.45, 7) is 2.29. The van der Waals surface area contributed by atoms with E-state index in [0.29, 0.717) is 0 Å². The molecule has 2 atom stereocenters. The Bertz CT molecular complexity index is 78.7. The predicted octanol–water partition coefficient (Wildman–Crippen LogP) is 2.34. The third-order valence-electron chi connectivity index (χ3n) is 2.48. The fraction of sp³-hybridized carbons (Fsp3) is 1.00. The topological polar surface area (TPSA) is 20.2 Å². The Kier molecular flexibility index (Phi) is 3.20. The molecule has 0 aromatic heterocycles. The Morgan fingerprint density at radius 2 is 1.70 bits per heavy atom. The normalized spacial score (nSPS) is 36.6. The first-order valence-corrected chi connectivity index (χ1v) is 4.47. The highest BCUT2D eigenvalue weighted by Crippen LogP contribution is 2.21. The Morgan fingerprint density at radius 1 is 1.00 bits per heavy atom. The molecule has 0 aliphatic heterocycles. The monoisotopic (exact) mass is 142 g/mol. The second-order valence-electron chi connectivity index (χ2n) is 3.62. The second-order valence-corrected chi connectivity index (χ2v) is 3.62. The van der Waals surface area contributed by atoms with Crippen LogP contribution in [0.4, 0.5) is 0 Å². The molecule has 1 nitrogen and oxygen atoms in total. The zero-order chi connectivity index (χ0) is 7.40. The first kappa shape index (κ1) is 8.06. The van der Waals surface area contributed by atoms with Gasteiger partial charge in [0.1, 0.15) is 0 Å². The maximum Gasteiger partial charge on any atom is 0.0540 e. The number of rotatable bonds is 0. The zero-order valence-electron chi connectivity index (χ0n) is 6.84. The van der Waals surface area contributed by atoms with E-state index in [0.717, 1.165) is 18.8 Å². The van der Waals surface area contributed by atoms with Crippen molar-refractivity contribution >= 4 is 0 Å². The van der Waals surface area contributed by atoms with E-state index in [2.05, 4.69) is 6.92 Å². The molecule has 0 radical (unpaired) electrons. The summed E-state index contributed by atoms with van der Waals surface area (Å²) in [5.74, 6) is 0.843. The molecule has 0 aromatic rings. The zero-order valence-corrected chi connectivity index (χ0v) is 6.84. The van der Waals surface area contributed by atoms with Crippen molar-refractivity contribution in [1.82, 2.24) is 0 Å². The maximum absolute atomic E-state index is 9.33. The molecule has 0 saturated heterocycles. The molecule has 60 valence electrons. The summed E-state index contributed by atoms with van der Waals surface area (Å²) in [6, 6.07) is 0. The molecule has 1 fully saturated rings. The fourth-order valence-electron chi connectivity index (χ4n) is 1.64. The van der Waals surface area contributed by atoms with Crippen LogP contribution in [0, 0.1) is 5.92 Å². The van der Waals surface area contributed by atoms with Crippen LogP contribution < -0.4 is 0 Å². The summed E-state index contributed by atoms with van der Waals surface area (Å²) in [5.41, 5.74) is 0. The Labute approximate surface area is 63.4 Å². The maximum atomic E-state index is 9.33. The molecule has 0 heterocycles. The Balaban J connectivity index is 2.23. The van der Waals surface area contributed by atoms with E-state index < -0.39 is 0 Å². The van der Waals surface area contributed by atoms with Gasteiger partial charge < -0.3 is 5.11 Å². The summed E-state index contributed by atoms with van der Waals surface area (Å²) < 4.78 is 0. The van der Waals surface area contributed by atoms with E-state index in [-0.39, 0.29) is 6.10 Å². The molecule has 1 N–H and O–H groups in total. The highest BCUT2D eigenvalue weighted by Gasteiger charge is 2.11. The van der Waals surface area contributed by atoms with Crippen molar-refractivity contribution in [3.63, 3.8) is 0 Å². The van der Waals surface area contributed by atoms with Crippen LogP contribution in [0.15, 0.2) is 0 Å². The number of aliphatic hydroxyl groups is 1. The lowest BCUT2D eigenvalue weighted by Crippen LogP contribution is -2.11. The average molecular weight is 142 g/mol. The van der Waals surface area contributed by atoms with E-state index in [4.69, 9.17) is 0 Å². The van der Waals surface area contributed by atoms with Gasteiger partial charge in [0.25, 0.3) is 0 Å². The molecule has 10 heavy (non-hydrogen) atoms. The van der Waals surface area contributed by atoms with Crippen molar-refractivity contribution in [2.45, 2.75) is 51.6 Å². The van der Waals surface area contributed by atoms with Crippen LogP contribution >= 0.6 is 0 Å². The van der Waals surface area contributed by atoms with Gasteiger partial charge in [-0.15, -0.1) is 0 Å². The molecule has 0 spiro atoms. The minimum Gasteiger partial charge on any atom is -0.393 e. The molecule has 1 aliphatic carbocycles. The number of hydrogen-bond donors (Lipinski definition) is 1. The van der Waals surface area contributed by atoms with E-state index in [1.165, 1.54) is 25.7 Å². The smallest absolute Gasteiger partial charge is 0.0540 e. The first-order valence-electron chi connectivity index (χ1n) is 4.47. The molecular weight excluding hydrogens is 124 g/mol. The summed E-state index contributed by atoms with van der Waals surface area (Å²) in [7, 11) is 0. The number of hydrogen-bond acceptors (Lipinski definition) is 1. The molecular formula is C9H18O. The standard InChI is InChI=1S/C9H18O/c1-8-4-2-3-5-9(10)7-6-8/h8-10H,2-7H2,1H3/t8-,9-/m1/s1. The lowest BCUT2D eigenvalue weighted by molar-refractivity contribution is 0.133. The lowest BCUT2D eigenvalue weighted by Gasteiger charge is -2.18. The largest absolute Gasteiger partial charge is 0.393 e. The molecule has 0 amide bonds. The van der Waals surface area contributed by atoms with Crippen LogP contribution in [-0.4, -0.2) is 11.2 Å². The van der Waals surface area contributed by atoms with Gasteiger partial charge in [0, 0.05) is 0 Å². The third-order valence-corrected chi connectivity index (χ3v) is 2.48. The van der Waals surface area contributed by atoms with Gasteiger partial charge in [-0.1, -0.05) is 26.2 Å². The quantitative estimate of drug-likeness (QED) is 0.550. The first-order chi connectivity index (χ1) is 4.79. The van der Waals surface area contributed by atoms with Crippen molar-refractivity contribution in [1.29, 1.82) is 0 Å². The van der Waals surface area contributed by atoms with Gasteiger partial charge in [0.2, 0.25) is 0 Å². The van der Waals surface area contributed by atoms with Gasteiger partial charge in [0.15, 0.2) is 0 Å². The molecule has 1 saturated carbocycles. The van der Waals surface area contributed by atoms with Gasteiger partial charge in [-0.2, -0.15) is 0 Å². The Hall–Kier alpha value is -0.0400. The van der Waals surface area contributed by atoms with E-state index in [1.54, 1.807) is 0 Å². The van der Waals surface area contributed by atoms with E-state index in [1.807, 2.05) is 0 Å². The predicted molar refractivity (Wildman–Crippen MR) is 42.9 cm³/mol. The summed E-state index contributed by atoms with van der Waals surface area (Å²) in [6.07, 6.45) is 7.20. The minimum absolute atomic E-state index is 0.00255. The van der Waals surface area contributed by atoms with E-state index >= 15 is 0 Å². The highest BCUT2D eigenvalue weighted by atomic mass is 16.3. The molecule has 1 aliphatic rings. The lowest BCUT2D eigenvalue weighted by atomic mass is 9.91. The highest BCUT2D eigenvalue weighted by molar-refractivity contribution is 4.64. The van der Waals surface area contributed by atoms with Crippen molar-refractivity contribution in [2.24, 2.45) is 5.92 Å². The number of aliphatic hydroxyl groups excluding tert-OH is 1. The SMILES string of the molecule is C[C@@H]1CCCC[C@@H](O)CC1. The molecule has 1 heteroatoms. The van der Waals surface area contributed by atoms with Crippen molar-refractivity contribution in [3.8, 4) is 0 Å². The van der Waals surface area contributed by atoms with Crippen LogP contribution in [0.3, 0.4) is 0 Å². The van der Waals surface area contributed by atoms with Gasteiger partial charge in [0.05, 0.1) is 6.10 Å². The second kappa shape index (κ2) is 3.97. The molecule has 0 bridgehead atoms. The molecule has 0 aromatic carbocycles. The van der Waals surface area contributed by atoms with Crippen LogP contribution in [0.2, 0.25) is 0 Å². The molecule has 1 rings (SSSR count). The Morgan fingerprint density at radius 3 is 2.50 bits per heavy atom. The summed E-state index contributed by atoms with van der Waals surface area (Å²) in [5, 5.41) is 9.33. The van der Waals surface area contributed by atoms with Crippen molar-refractivity contribution in [3.05, 3.63) is 0 Å². The van der Waals surface area contributed by atoms with Gasteiger partial charge in [-0.3, -0.25) is 0 Å². The van der Waals surface area contributed by atoms with Crippen molar-refractivity contribution in [2.75, 3.05) is 0 Å². The van der Waals surface area contributed by atoms with Crippen LogP contribution in [0.1, 0.15) is 45.4 Å². The van der Waals surface area contributed by atoms with Crippen LogP contribution in [0.5, 0.6) is 0 Å². The van der Waals surface area contributed by atoms with Gasteiger partial charge >= 0.3 is 0 Å². The summed E-state index contributed by atoms with van der Waals surface area (Å²) in [4.78, 5) is 0. The summed E-state index contributed by atoms with van der Waals surface area (Å²) >= 11 is 0. The van der Waals surface area contributed by atoms with Gasteiger partial charge in [-0.05, 0) is 25.2 Å². The average Bonchev–Trinajstić information content (AvgIpc) is 1.90.